The van der Waals surface area contributed by atoms with Crippen LogP contribution in [-0.4, -0.2) is 7.11 Å². The van der Waals surface area contributed by atoms with Crippen LogP contribution in [0.15, 0.2) is 18.2 Å². The average molecular weight is 250 g/mol. The molecule has 0 aliphatic carbocycles. The lowest BCUT2D eigenvalue weighted by Crippen LogP contribution is -2.09. The van der Waals surface area contributed by atoms with Crippen LogP contribution in [0.3, 0.4) is 0 Å². The highest BCUT2D eigenvalue weighted by atomic mass is 35.5. The van der Waals surface area contributed by atoms with Crippen molar-refractivity contribution in [3.63, 3.8) is 0 Å². The van der Waals surface area contributed by atoms with Gasteiger partial charge in [0.25, 0.3) is 0 Å². The van der Waals surface area contributed by atoms with E-state index in [1.807, 2.05) is 18.2 Å². The Kier molecular flexibility index (Phi) is 6.73. The number of ether oxygens (including phenoxy) is 1. The zero-order valence-electron chi connectivity index (χ0n) is 9.00. The lowest BCUT2D eigenvalue weighted by Gasteiger charge is -2.12. The van der Waals surface area contributed by atoms with E-state index in [9.17, 15) is 0 Å². The third-order valence-corrected chi connectivity index (χ3v) is 2.52. The first kappa shape index (κ1) is 14.6. The molecule has 0 heterocycles. The monoisotopic (exact) mass is 249 g/mol. The van der Waals surface area contributed by atoms with Gasteiger partial charge in [-0.25, -0.2) is 0 Å². The van der Waals surface area contributed by atoms with Gasteiger partial charge in [-0.05, 0) is 24.1 Å². The second kappa shape index (κ2) is 6.94. The normalized spacial score (nSPS) is 11.7. The first-order chi connectivity index (χ1) is 6.69. The summed E-state index contributed by atoms with van der Waals surface area (Å²) in [5.41, 5.74) is 7.06. The molecule has 0 fully saturated rings. The minimum Gasteiger partial charge on any atom is -0.495 e. The first-order valence-electron chi connectivity index (χ1n) is 4.78. The highest BCUT2D eigenvalue weighted by Crippen LogP contribution is 2.28. The van der Waals surface area contributed by atoms with E-state index in [-0.39, 0.29) is 18.4 Å². The molecule has 0 aromatic heterocycles. The number of methoxy groups -OCH3 is 1. The molecule has 0 radical (unpaired) electrons. The Morgan fingerprint density at radius 1 is 1.47 bits per heavy atom. The number of hydrogen-bond acceptors (Lipinski definition) is 2. The molecule has 1 rings (SSSR count). The molecular weight excluding hydrogens is 233 g/mol. The Balaban J connectivity index is 0.00000196. The van der Waals surface area contributed by atoms with Gasteiger partial charge in [0.15, 0.2) is 0 Å². The SMILES string of the molecule is CCC[C@@H](N)c1ccc(Cl)c(OC)c1.Cl. The van der Waals surface area contributed by atoms with E-state index in [1.54, 1.807) is 7.11 Å². The van der Waals surface area contributed by atoms with E-state index in [0.717, 1.165) is 18.4 Å². The van der Waals surface area contributed by atoms with Gasteiger partial charge < -0.3 is 10.5 Å². The van der Waals surface area contributed by atoms with Crippen LogP contribution in [0.1, 0.15) is 31.4 Å². The quantitative estimate of drug-likeness (QED) is 0.886. The summed E-state index contributed by atoms with van der Waals surface area (Å²) >= 11 is 5.91. The van der Waals surface area contributed by atoms with Crippen molar-refractivity contribution in [1.82, 2.24) is 0 Å². The summed E-state index contributed by atoms with van der Waals surface area (Å²) in [5.74, 6) is 0.690. The fraction of sp³-hybridized carbons (Fsp3) is 0.455. The number of nitrogens with two attached hydrogens (primary N) is 1. The standard InChI is InChI=1S/C11H16ClNO.ClH/c1-3-4-10(13)8-5-6-9(12)11(7-8)14-2;/h5-7,10H,3-4,13H2,1-2H3;1H/t10-;/m1./s1. The summed E-state index contributed by atoms with van der Waals surface area (Å²) in [7, 11) is 1.61. The third kappa shape index (κ3) is 3.90. The number of rotatable bonds is 4. The van der Waals surface area contributed by atoms with E-state index in [4.69, 9.17) is 22.1 Å². The molecule has 0 spiro atoms. The molecule has 1 atom stereocenters. The van der Waals surface area contributed by atoms with E-state index < -0.39 is 0 Å². The van der Waals surface area contributed by atoms with Crippen LogP contribution in [0, 0.1) is 0 Å². The van der Waals surface area contributed by atoms with E-state index in [2.05, 4.69) is 6.92 Å². The van der Waals surface area contributed by atoms with Gasteiger partial charge >= 0.3 is 0 Å². The molecule has 4 heteroatoms. The van der Waals surface area contributed by atoms with Gasteiger partial charge in [0.05, 0.1) is 12.1 Å². The van der Waals surface area contributed by atoms with Crippen LogP contribution < -0.4 is 10.5 Å². The molecule has 1 aromatic carbocycles. The highest BCUT2D eigenvalue weighted by molar-refractivity contribution is 6.32. The van der Waals surface area contributed by atoms with Crippen LogP contribution in [-0.2, 0) is 0 Å². The minimum atomic E-state index is 0. The summed E-state index contributed by atoms with van der Waals surface area (Å²) in [6.45, 7) is 2.12. The molecule has 0 unspecified atom stereocenters. The number of benzene rings is 1. The fourth-order valence-electron chi connectivity index (χ4n) is 1.38. The summed E-state index contributed by atoms with van der Waals surface area (Å²) < 4.78 is 5.13. The lowest BCUT2D eigenvalue weighted by atomic mass is 10.0. The molecule has 2 nitrogen and oxygen atoms in total. The van der Waals surface area contributed by atoms with Gasteiger partial charge in [-0.2, -0.15) is 0 Å². The Bertz CT molecular complexity index is 305. The lowest BCUT2D eigenvalue weighted by molar-refractivity contribution is 0.414. The van der Waals surface area contributed by atoms with Gasteiger partial charge in [-0.1, -0.05) is 31.0 Å². The van der Waals surface area contributed by atoms with Crippen molar-refractivity contribution in [2.45, 2.75) is 25.8 Å². The maximum Gasteiger partial charge on any atom is 0.137 e. The van der Waals surface area contributed by atoms with Crippen LogP contribution in [0.2, 0.25) is 5.02 Å². The molecule has 0 bridgehead atoms. The maximum atomic E-state index is 5.98. The van der Waals surface area contributed by atoms with Crippen molar-refractivity contribution in [2.75, 3.05) is 7.11 Å². The zero-order valence-corrected chi connectivity index (χ0v) is 10.6. The molecule has 0 saturated heterocycles. The second-order valence-electron chi connectivity index (χ2n) is 3.29. The first-order valence-corrected chi connectivity index (χ1v) is 5.15. The Labute approximate surface area is 102 Å². The van der Waals surface area contributed by atoms with Gasteiger partial charge in [-0.15, -0.1) is 12.4 Å². The smallest absolute Gasteiger partial charge is 0.137 e. The van der Waals surface area contributed by atoms with Crippen LogP contribution in [0.5, 0.6) is 5.75 Å². The van der Waals surface area contributed by atoms with Gasteiger partial charge in [0, 0.05) is 6.04 Å². The number of hydrogen-bond donors (Lipinski definition) is 1. The second-order valence-corrected chi connectivity index (χ2v) is 3.70. The van der Waals surface area contributed by atoms with Crippen molar-refractivity contribution < 1.29 is 4.74 Å². The minimum absolute atomic E-state index is 0. The van der Waals surface area contributed by atoms with Crippen LogP contribution in [0.4, 0.5) is 0 Å². The molecule has 0 amide bonds. The predicted molar refractivity (Wildman–Crippen MR) is 67.1 cm³/mol. The van der Waals surface area contributed by atoms with Crippen LogP contribution in [0.25, 0.3) is 0 Å². The van der Waals surface area contributed by atoms with Crippen molar-refractivity contribution >= 4 is 24.0 Å². The van der Waals surface area contributed by atoms with Crippen LogP contribution >= 0.6 is 24.0 Å². The van der Waals surface area contributed by atoms with Crippen molar-refractivity contribution in [1.29, 1.82) is 0 Å². The van der Waals surface area contributed by atoms with Gasteiger partial charge in [0.1, 0.15) is 5.75 Å². The Hall–Kier alpha value is -0.440. The van der Waals surface area contributed by atoms with Crippen molar-refractivity contribution in [3.8, 4) is 5.75 Å². The summed E-state index contributed by atoms with van der Waals surface area (Å²) in [6.07, 6.45) is 2.05. The van der Waals surface area contributed by atoms with Crippen molar-refractivity contribution in [3.05, 3.63) is 28.8 Å². The summed E-state index contributed by atoms with van der Waals surface area (Å²) in [4.78, 5) is 0. The molecule has 0 aliphatic heterocycles. The van der Waals surface area contributed by atoms with Gasteiger partial charge in [-0.3, -0.25) is 0 Å². The maximum absolute atomic E-state index is 5.98. The van der Waals surface area contributed by atoms with Crippen molar-refractivity contribution in [2.24, 2.45) is 5.73 Å². The fourth-order valence-corrected chi connectivity index (χ4v) is 1.58. The molecule has 1 aromatic rings. The predicted octanol–water partition coefficient (Wildman–Crippen LogP) is 3.57. The molecule has 0 saturated carbocycles. The zero-order chi connectivity index (χ0) is 10.6. The molecule has 86 valence electrons. The van der Waals surface area contributed by atoms with Gasteiger partial charge in [0.2, 0.25) is 0 Å². The largest absolute Gasteiger partial charge is 0.495 e. The summed E-state index contributed by atoms with van der Waals surface area (Å²) in [6, 6.07) is 5.75. The highest BCUT2D eigenvalue weighted by Gasteiger charge is 2.07. The molecule has 15 heavy (non-hydrogen) atoms. The average Bonchev–Trinajstić information content (AvgIpc) is 2.19. The van der Waals surface area contributed by atoms with E-state index in [0.29, 0.717) is 10.8 Å². The molecular formula is C11H17Cl2NO. The third-order valence-electron chi connectivity index (χ3n) is 2.20. The Morgan fingerprint density at radius 3 is 2.67 bits per heavy atom. The molecule has 0 aliphatic rings. The molecule has 2 N–H and O–H groups in total. The summed E-state index contributed by atoms with van der Waals surface area (Å²) in [5, 5.41) is 0.625. The topological polar surface area (TPSA) is 35.2 Å². The van der Waals surface area contributed by atoms with E-state index >= 15 is 0 Å². The van der Waals surface area contributed by atoms with E-state index in [1.165, 1.54) is 0 Å². The number of halogens is 2. The Morgan fingerprint density at radius 2 is 2.13 bits per heavy atom.